The second-order valence-electron chi connectivity index (χ2n) is 5.59. The van der Waals surface area contributed by atoms with Crippen LogP contribution < -0.4 is 5.73 Å². The van der Waals surface area contributed by atoms with E-state index in [0.29, 0.717) is 29.6 Å². The molecule has 0 amide bonds. The number of nitrogens with two attached hydrogens (primary N) is 1. The zero-order chi connectivity index (χ0) is 15.2. The van der Waals surface area contributed by atoms with Gasteiger partial charge in [0.25, 0.3) is 0 Å². The van der Waals surface area contributed by atoms with Gasteiger partial charge in [0, 0.05) is 11.7 Å². The van der Waals surface area contributed by atoms with E-state index in [2.05, 4.69) is 9.88 Å². The minimum Gasteiger partial charge on any atom is -0.399 e. The van der Waals surface area contributed by atoms with Crippen LogP contribution in [0.2, 0.25) is 0 Å². The van der Waals surface area contributed by atoms with Gasteiger partial charge in [-0.15, -0.1) is 0 Å². The van der Waals surface area contributed by atoms with Gasteiger partial charge in [-0.25, -0.2) is 4.98 Å². The van der Waals surface area contributed by atoms with Crippen molar-refractivity contribution >= 4 is 16.7 Å². The molecule has 2 aromatic rings. The minimum atomic E-state index is -4.46. The molecule has 1 aromatic carbocycles. The number of anilines is 1. The maximum absolute atomic E-state index is 13.3. The molecule has 0 spiro atoms. The Labute approximate surface area is 120 Å². The summed E-state index contributed by atoms with van der Waals surface area (Å²) >= 11 is 0. The summed E-state index contributed by atoms with van der Waals surface area (Å²) in [6, 6.07) is 4.57. The average molecular weight is 298 g/mol. The number of nitrogen functional groups attached to an aromatic ring is 1. The molecule has 2 heterocycles. The molecule has 21 heavy (non-hydrogen) atoms. The zero-order valence-electron chi connectivity index (χ0n) is 11.7. The molecule has 0 unspecified atom stereocenters. The van der Waals surface area contributed by atoms with Crippen molar-refractivity contribution in [3.63, 3.8) is 0 Å². The first-order chi connectivity index (χ1) is 9.86. The molecule has 4 nitrogen and oxygen atoms in total. The highest BCUT2D eigenvalue weighted by molar-refractivity contribution is 5.80. The van der Waals surface area contributed by atoms with E-state index in [0.717, 1.165) is 13.1 Å². The molecule has 1 aromatic heterocycles. The molecule has 0 radical (unpaired) electrons. The van der Waals surface area contributed by atoms with E-state index in [4.69, 9.17) is 5.73 Å². The van der Waals surface area contributed by atoms with Crippen molar-refractivity contribution in [3.05, 3.63) is 24.0 Å². The van der Waals surface area contributed by atoms with E-state index >= 15 is 0 Å². The first kappa shape index (κ1) is 14.2. The number of hydrogen-bond donors (Lipinski definition) is 1. The predicted octanol–water partition coefficient (Wildman–Crippen LogP) is 2.90. The highest BCUT2D eigenvalue weighted by Crippen LogP contribution is 2.36. The van der Waals surface area contributed by atoms with Crippen LogP contribution >= 0.6 is 0 Å². The van der Waals surface area contributed by atoms with Gasteiger partial charge in [-0.2, -0.15) is 13.2 Å². The second kappa shape index (κ2) is 4.91. The van der Waals surface area contributed by atoms with Crippen molar-refractivity contribution < 1.29 is 13.2 Å². The minimum absolute atomic E-state index is 0.175. The fraction of sp³-hybridized carbons (Fsp3) is 0.500. The molecule has 114 valence electrons. The Morgan fingerprint density at radius 3 is 2.52 bits per heavy atom. The molecule has 0 atom stereocenters. The van der Waals surface area contributed by atoms with Crippen molar-refractivity contribution in [2.24, 2.45) is 0 Å². The maximum Gasteiger partial charge on any atom is 0.449 e. The number of likely N-dealkylation sites (tertiary alicyclic amines) is 1. The van der Waals surface area contributed by atoms with Gasteiger partial charge in [0.15, 0.2) is 0 Å². The molecular formula is C14H17F3N4. The standard InChI is InChI=1S/C14H17F3N4/c1-20-6-4-10(5-7-20)21-12-3-2-9(18)8-11(12)19-13(21)14(15,16)17/h2-3,8,10H,4-7,18H2,1H3. The number of imidazole rings is 1. The van der Waals surface area contributed by atoms with E-state index in [-0.39, 0.29) is 6.04 Å². The van der Waals surface area contributed by atoms with Gasteiger partial charge in [0.05, 0.1) is 11.0 Å². The Balaban J connectivity index is 2.14. The summed E-state index contributed by atoms with van der Waals surface area (Å²) in [6.45, 7) is 1.58. The Kier molecular flexibility index (Phi) is 3.32. The predicted molar refractivity (Wildman–Crippen MR) is 74.9 cm³/mol. The van der Waals surface area contributed by atoms with Crippen LogP contribution in [0.5, 0.6) is 0 Å². The van der Waals surface area contributed by atoms with Crippen LogP contribution in [0.3, 0.4) is 0 Å². The van der Waals surface area contributed by atoms with Crippen LogP contribution in [0, 0.1) is 0 Å². The van der Waals surface area contributed by atoms with Crippen LogP contribution in [0.1, 0.15) is 24.7 Å². The van der Waals surface area contributed by atoms with E-state index in [1.165, 1.54) is 10.6 Å². The number of benzene rings is 1. The first-order valence-electron chi connectivity index (χ1n) is 6.89. The largest absolute Gasteiger partial charge is 0.449 e. The lowest BCUT2D eigenvalue weighted by Crippen LogP contribution is -2.33. The molecule has 1 fully saturated rings. The molecule has 2 N–H and O–H groups in total. The first-order valence-corrected chi connectivity index (χ1v) is 6.89. The van der Waals surface area contributed by atoms with Gasteiger partial charge < -0.3 is 15.2 Å². The van der Waals surface area contributed by atoms with Crippen LogP contribution in [0.15, 0.2) is 18.2 Å². The summed E-state index contributed by atoms with van der Waals surface area (Å²) < 4.78 is 41.2. The van der Waals surface area contributed by atoms with Gasteiger partial charge in [0.1, 0.15) is 0 Å². The Bertz CT molecular complexity index is 654. The molecule has 1 saturated heterocycles. The van der Waals surface area contributed by atoms with E-state index in [9.17, 15) is 13.2 Å². The topological polar surface area (TPSA) is 47.1 Å². The Hall–Kier alpha value is -1.76. The van der Waals surface area contributed by atoms with Crippen LogP contribution in [-0.4, -0.2) is 34.6 Å². The fourth-order valence-corrected chi connectivity index (χ4v) is 2.94. The van der Waals surface area contributed by atoms with Gasteiger partial charge in [-0.3, -0.25) is 0 Å². The van der Waals surface area contributed by atoms with Crippen molar-refractivity contribution in [3.8, 4) is 0 Å². The van der Waals surface area contributed by atoms with Gasteiger partial charge >= 0.3 is 6.18 Å². The highest BCUT2D eigenvalue weighted by Gasteiger charge is 2.39. The fourth-order valence-electron chi connectivity index (χ4n) is 2.94. The number of aromatic nitrogens is 2. The molecular weight excluding hydrogens is 281 g/mol. The number of nitrogens with zero attached hydrogens (tertiary/aromatic N) is 3. The summed E-state index contributed by atoms with van der Waals surface area (Å²) in [5.41, 5.74) is 6.88. The lowest BCUT2D eigenvalue weighted by atomic mass is 10.0. The molecule has 0 aliphatic carbocycles. The number of rotatable bonds is 1. The summed E-state index contributed by atoms with van der Waals surface area (Å²) in [5.74, 6) is -0.822. The van der Waals surface area contributed by atoms with E-state index in [1.54, 1.807) is 12.1 Å². The summed E-state index contributed by atoms with van der Waals surface area (Å²) in [6.07, 6.45) is -3.08. The zero-order valence-corrected chi connectivity index (χ0v) is 11.7. The number of piperidine rings is 1. The Morgan fingerprint density at radius 2 is 1.90 bits per heavy atom. The molecule has 0 saturated carbocycles. The third-order valence-electron chi connectivity index (χ3n) is 4.02. The normalized spacial score (nSPS) is 18.5. The highest BCUT2D eigenvalue weighted by atomic mass is 19.4. The van der Waals surface area contributed by atoms with Gasteiger partial charge in [-0.1, -0.05) is 0 Å². The summed E-state index contributed by atoms with van der Waals surface area (Å²) in [7, 11) is 1.98. The molecule has 0 bridgehead atoms. The van der Waals surface area contributed by atoms with Gasteiger partial charge in [0.2, 0.25) is 5.82 Å². The smallest absolute Gasteiger partial charge is 0.399 e. The Morgan fingerprint density at radius 1 is 1.24 bits per heavy atom. The van der Waals surface area contributed by atoms with Crippen LogP contribution in [-0.2, 0) is 6.18 Å². The quantitative estimate of drug-likeness (QED) is 0.824. The molecule has 1 aliphatic heterocycles. The lowest BCUT2D eigenvalue weighted by molar-refractivity contribution is -0.147. The molecule has 7 heteroatoms. The SMILES string of the molecule is CN1CCC(n2c(C(F)(F)F)nc3cc(N)ccc32)CC1. The van der Waals surface area contributed by atoms with Crippen molar-refractivity contribution in [1.29, 1.82) is 0 Å². The van der Waals surface area contributed by atoms with E-state index < -0.39 is 12.0 Å². The number of fused-ring (bicyclic) bond motifs is 1. The van der Waals surface area contributed by atoms with E-state index in [1.807, 2.05) is 7.05 Å². The van der Waals surface area contributed by atoms with Crippen LogP contribution in [0.4, 0.5) is 18.9 Å². The van der Waals surface area contributed by atoms with Crippen molar-refractivity contribution in [2.45, 2.75) is 25.1 Å². The second-order valence-corrected chi connectivity index (χ2v) is 5.59. The number of hydrogen-bond acceptors (Lipinski definition) is 3. The number of alkyl halides is 3. The number of halogens is 3. The summed E-state index contributed by atoms with van der Waals surface area (Å²) in [4.78, 5) is 5.91. The van der Waals surface area contributed by atoms with Crippen molar-refractivity contribution in [2.75, 3.05) is 25.9 Å². The van der Waals surface area contributed by atoms with Crippen molar-refractivity contribution in [1.82, 2.24) is 14.5 Å². The third-order valence-corrected chi connectivity index (χ3v) is 4.02. The van der Waals surface area contributed by atoms with Crippen LogP contribution in [0.25, 0.3) is 11.0 Å². The monoisotopic (exact) mass is 298 g/mol. The third kappa shape index (κ3) is 2.57. The molecule has 1 aliphatic rings. The van der Waals surface area contributed by atoms with Gasteiger partial charge in [-0.05, 0) is 51.2 Å². The lowest BCUT2D eigenvalue weighted by Gasteiger charge is -2.31. The average Bonchev–Trinajstić information content (AvgIpc) is 2.78. The maximum atomic E-state index is 13.3. The summed E-state index contributed by atoms with van der Waals surface area (Å²) in [5, 5.41) is 0. The molecule has 3 rings (SSSR count).